The minimum atomic E-state index is 0.106. The maximum Gasteiger partial charge on any atom is 0.219 e. The number of ether oxygens (including phenoxy) is 1. The van der Waals surface area contributed by atoms with Crippen LogP contribution in [-0.4, -0.2) is 23.7 Å². The van der Waals surface area contributed by atoms with E-state index in [4.69, 9.17) is 9.84 Å². The van der Waals surface area contributed by atoms with E-state index >= 15 is 0 Å². The smallest absolute Gasteiger partial charge is 0.219 e. The average Bonchev–Trinajstić information content (AvgIpc) is 2.44. The standard InChI is InChI=1S/C15H18N2O2/c1-16-10-12-6-7-15(17-11-12)19-14-5-3-2-4-13(14)8-9-18/h2-7,11,16,18H,8-10H2,1H3. The molecule has 1 heterocycles. The lowest BCUT2D eigenvalue weighted by Crippen LogP contribution is -2.05. The highest BCUT2D eigenvalue weighted by Gasteiger charge is 2.04. The summed E-state index contributed by atoms with van der Waals surface area (Å²) in [5.41, 5.74) is 2.09. The predicted molar refractivity (Wildman–Crippen MR) is 74.3 cm³/mol. The molecular formula is C15H18N2O2. The molecule has 0 atom stereocenters. The number of pyridine rings is 1. The Morgan fingerprint density at radius 3 is 2.74 bits per heavy atom. The summed E-state index contributed by atoms with van der Waals surface area (Å²) in [5, 5.41) is 12.1. The van der Waals surface area contributed by atoms with Crippen molar-refractivity contribution in [1.29, 1.82) is 0 Å². The van der Waals surface area contributed by atoms with E-state index in [1.165, 1.54) is 0 Å². The molecule has 0 bridgehead atoms. The van der Waals surface area contributed by atoms with Crippen LogP contribution in [0.4, 0.5) is 0 Å². The second-order valence-corrected chi connectivity index (χ2v) is 4.22. The van der Waals surface area contributed by atoms with E-state index in [-0.39, 0.29) is 6.61 Å². The first kappa shape index (κ1) is 13.5. The minimum absolute atomic E-state index is 0.106. The molecule has 0 unspecified atom stereocenters. The molecule has 0 aliphatic heterocycles. The molecule has 1 aromatic heterocycles. The van der Waals surface area contributed by atoms with Crippen LogP contribution in [0.3, 0.4) is 0 Å². The summed E-state index contributed by atoms with van der Waals surface area (Å²) in [7, 11) is 1.90. The van der Waals surface area contributed by atoms with E-state index in [0.717, 1.165) is 23.4 Å². The van der Waals surface area contributed by atoms with Crippen molar-refractivity contribution in [2.75, 3.05) is 13.7 Å². The molecule has 2 rings (SSSR count). The summed E-state index contributed by atoms with van der Waals surface area (Å²) in [6, 6.07) is 11.5. The quantitative estimate of drug-likeness (QED) is 0.833. The molecule has 2 aromatic rings. The molecule has 0 aliphatic rings. The fourth-order valence-corrected chi connectivity index (χ4v) is 1.82. The zero-order valence-corrected chi connectivity index (χ0v) is 11.0. The maximum absolute atomic E-state index is 9.03. The number of aliphatic hydroxyl groups is 1. The molecule has 2 N–H and O–H groups in total. The maximum atomic E-state index is 9.03. The van der Waals surface area contributed by atoms with Crippen LogP contribution in [0.5, 0.6) is 11.6 Å². The zero-order valence-electron chi connectivity index (χ0n) is 11.0. The molecule has 0 fully saturated rings. The van der Waals surface area contributed by atoms with Crippen molar-refractivity contribution in [2.24, 2.45) is 0 Å². The van der Waals surface area contributed by atoms with Crippen LogP contribution in [0.2, 0.25) is 0 Å². The molecule has 0 amide bonds. The number of rotatable bonds is 6. The number of nitrogens with one attached hydrogen (secondary N) is 1. The van der Waals surface area contributed by atoms with Crippen molar-refractivity contribution in [3.8, 4) is 11.6 Å². The number of hydrogen-bond acceptors (Lipinski definition) is 4. The van der Waals surface area contributed by atoms with E-state index in [1.54, 1.807) is 6.20 Å². The van der Waals surface area contributed by atoms with Gasteiger partial charge in [0.05, 0.1) is 0 Å². The second-order valence-electron chi connectivity index (χ2n) is 4.22. The van der Waals surface area contributed by atoms with Gasteiger partial charge in [-0.2, -0.15) is 0 Å². The first-order valence-electron chi connectivity index (χ1n) is 6.29. The van der Waals surface area contributed by atoms with E-state index in [2.05, 4.69) is 10.3 Å². The van der Waals surface area contributed by atoms with Gasteiger partial charge in [0.15, 0.2) is 0 Å². The van der Waals surface area contributed by atoms with Gasteiger partial charge in [0.1, 0.15) is 5.75 Å². The summed E-state index contributed by atoms with van der Waals surface area (Å²) in [6.45, 7) is 0.892. The summed E-state index contributed by atoms with van der Waals surface area (Å²) < 4.78 is 5.75. The summed E-state index contributed by atoms with van der Waals surface area (Å²) in [6.07, 6.45) is 2.37. The lowest BCUT2D eigenvalue weighted by atomic mass is 10.1. The molecule has 100 valence electrons. The van der Waals surface area contributed by atoms with Crippen LogP contribution in [0.1, 0.15) is 11.1 Å². The molecule has 1 aromatic carbocycles. The van der Waals surface area contributed by atoms with Gasteiger partial charge in [-0.15, -0.1) is 0 Å². The van der Waals surface area contributed by atoms with Crippen LogP contribution < -0.4 is 10.1 Å². The van der Waals surface area contributed by atoms with Gasteiger partial charge in [0, 0.05) is 25.4 Å². The van der Waals surface area contributed by atoms with Gasteiger partial charge >= 0.3 is 0 Å². The summed E-state index contributed by atoms with van der Waals surface area (Å²) >= 11 is 0. The van der Waals surface area contributed by atoms with Crippen LogP contribution in [-0.2, 0) is 13.0 Å². The van der Waals surface area contributed by atoms with Gasteiger partial charge in [-0.1, -0.05) is 24.3 Å². The zero-order chi connectivity index (χ0) is 13.5. The highest BCUT2D eigenvalue weighted by molar-refractivity contribution is 5.36. The monoisotopic (exact) mass is 258 g/mol. The largest absolute Gasteiger partial charge is 0.439 e. The van der Waals surface area contributed by atoms with E-state index in [0.29, 0.717) is 12.3 Å². The van der Waals surface area contributed by atoms with Crippen LogP contribution in [0, 0.1) is 0 Å². The summed E-state index contributed by atoms with van der Waals surface area (Å²) in [5.74, 6) is 1.30. The normalized spacial score (nSPS) is 10.4. The Bertz CT molecular complexity index is 512. The lowest BCUT2D eigenvalue weighted by molar-refractivity contribution is 0.297. The first-order valence-corrected chi connectivity index (χ1v) is 6.29. The Hall–Kier alpha value is -1.91. The number of aromatic nitrogens is 1. The second kappa shape index (κ2) is 6.87. The van der Waals surface area contributed by atoms with Crippen molar-refractivity contribution >= 4 is 0 Å². The summed E-state index contributed by atoms with van der Waals surface area (Å²) in [4.78, 5) is 4.27. The van der Waals surface area contributed by atoms with Gasteiger partial charge in [-0.05, 0) is 30.7 Å². The fourth-order valence-electron chi connectivity index (χ4n) is 1.82. The van der Waals surface area contributed by atoms with Gasteiger partial charge < -0.3 is 15.2 Å². The van der Waals surface area contributed by atoms with Gasteiger partial charge in [-0.3, -0.25) is 0 Å². The van der Waals surface area contributed by atoms with Gasteiger partial charge in [-0.25, -0.2) is 4.98 Å². The third-order valence-electron chi connectivity index (χ3n) is 2.75. The van der Waals surface area contributed by atoms with E-state index in [1.807, 2.05) is 43.4 Å². The number of nitrogens with zero attached hydrogens (tertiary/aromatic N) is 1. The Morgan fingerprint density at radius 1 is 1.21 bits per heavy atom. The van der Waals surface area contributed by atoms with E-state index < -0.39 is 0 Å². The Morgan fingerprint density at radius 2 is 2.05 bits per heavy atom. The van der Waals surface area contributed by atoms with Crippen molar-refractivity contribution in [2.45, 2.75) is 13.0 Å². The third-order valence-corrected chi connectivity index (χ3v) is 2.75. The van der Waals surface area contributed by atoms with Crippen molar-refractivity contribution < 1.29 is 9.84 Å². The molecular weight excluding hydrogens is 240 g/mol. The number of hydrogen-bond donors (Lipinski definition) is 2. The van der Waals surface area contributed by atoms with Crippen LogP contribution in [0.25, 0.3) is 0 Å². The van der Waals surface area contributed by atoms with Crippen molar-refractivity contribution in [3.05, 3.63) is 53.7 Å². The Balaban J connectivity index is 2.12. The SMILES string of the molecule is CNCc1ccc(Oc2ccccc2CCO)nc1. The number of benzene rings is 1. The highest BCUT2D eigenvalue weighted by Crippen LogP contribution is 2.24. The Kier molecular flexibility index (Phi) is 4.89. The number of aliphatic hydroxyl groups excluding tert-OH is 1. The highest BCUT2D eigenvalue weighted by atomic mass is 16.5. The van der Waals surface area contributed by atoms with Gasteiger partial charge in [0.25, 0.3) is 0 Å². The molecule has 19 heavy (non-hydrogen) atoms. The molecule has 0 saturated carbocycles. The lowest BCUT2D eigenvalue weighted by Gasteiger charge is -2.09. The van der Waals surface area contributed by atoms with Crippen LogP contribution >= 0.6 is 0 Å². The molecule has 0 aliphatic carbocycles. The fraction of sp³-hybridized carbons (Fsp3) is 0.267. The van der Waals surface area contributed by atoms with Crippen molar-refractivity contribution in [3.63, 3.8) is 0 Å². The van der Waals surface area contributed by atoms with E-state index in [9.17, 15) is 0 Å². The van der Waals surface area contributed by atoms with Gasteiger partial charge in [0.2, 0.25) is 5.88 Å². The van der Waals surface area contributed by atoms with Crippen LogP contribution in [0.15, 0.2) is 42.6 Å². The molecule has 4 nitrogen and oxygen atoms in total. The Labute approximate surface area is 113 Å². The minimum Gasteiger partial charge on any atom is -0.439 e. The predicted octanol–water partition coefficient (Wildman–Crippen LogP) is 2.13. The third kappa shape index (κ3) is 3.77. The topological polar surface area (TPSA) is 54.4 Å². The number of para-hydroxylation sites is 1. The molecule has 0 saturated heterocycles. The first-order chi connectivity index (χ1) is 9.33. The molecule has 4 heteroatoms. The molecule has 0 radical (unpaired) electrons. The molecule has 0 spiro atoms. The van der Waals surface area contributed by atoms with Crippen molar-refractivity contribution in [1.82, 2.24) is 10.3 Å². The average molecular weight is 258 g/mol.